The standard InChI is InChI=1S/C19H13F3N6OS/c20-19(21,22)13-8-12(3-5-23-13)26-18(29)17-15(10-1-2-10)16(27-30-17)11-4-6-28-14(7-11)24-9-25-28/h3-10H,1-2H2,(H,23,26,29). The molecule has 0 radical (unpaired) electrons. The van der Waals surface area contributed by atoms with Gasteiger partial charge in [0.25, 0.3) is 5.91 Å². The SMILES string of the molecule is O=C(Nc1ccnc(C(F)(F)F)c1)c1snc(-c2ccn3ncnc3c2)c1C1CC1. The fourth-order valence-corrected chi connectivity index (χ4v) is 4.12. The van der Waals surface area contributed by atoms with Gasteiger partial charge in [-0.05, 0) is 54.6 Å². The van der Waals surface area contributed by atoms with Crippen molar-refractivity contribution < 1.29 is 18.0 Å². The summed E-state index contributed by atoms with van der Waals surface area (Å²) in [7, 11) is 0. The second-order valence-electron chi connectivity index (χ2n) is 6.91. The van der Waals surface area contributed by atoms with E-state index in [4.69, 9.17) is 0 Å². The first-order chi connectivity index (χ1) is 14.4. The Kier molecular flexibility index (Phi) is 4.28. The predicted molar refractivity (Wildman–Crippen MR) is 103 cm³/mol. The third-order valence-electron chi connectivity index (χ3n) is 4.78. The summed E-state index contributed by atoms with van der Waals surface area (Å²) in [4.78, 5) is 20.8. The number of nitrogens with one attached hydrogen (secondary N) is 1. The highest BCUT2D eigenvalue weighted by atomic mass is 32.1. The third-order valence-corrected chi connectivity index (χ3v) is 5.64. The molecule has 0 spiro atoms. The van der Waals surface area contributed by atoms with Crippen molar-refractivity contribution in [2.75, 3.05) is 5.32 Å². The molecular weight excluding hydrogens is 417 g/mol. The highest BCUT2D eigenvalue weighted by molar-refractivity contribution is 7.08. The normalized spacial score (nSPS) is 14.2. The first kappa shape index (κ1) is 18.7. The number of hydrogen-bond donors (Lipinski definition) is 1. The summed E-state index contributed by atoms with van der Waals surface area (Å²) >= 11 is 1.04. The second kappa shape index (κ2) is 6.87. The third kappa shape index (κ3) is 3.41. The summed E-state index contributed by atoms with van der Waals surface area (Å²) in [6.07, 6.45) is 1.52. The molecule has 1 aliphatic carbocycles. The lowest BCUT2D eigenvalue weighted by Gasteiger charge is -2.09. The van der Waals surface area contributed by atoms with Gasteiger partial charge in [0.15, 0.2) is 5.65 Å². The quantitative estimate of drug-likeness (QED) is 0.519. The Morgan fingerprint density at radius 1 is 1.20 bits per heavy atom. The van der Waals surface area contributed by atoms with Gasteiger partial charge in [-0.2, -0.15) is 22.6 Å². The van der Waals surface area contributed by atoms with Crippen LogP contribution >= 0.6 is 11.5 Å². The van der Waals surface area contributed by atoms with Crippen molar-refractivity contribution in [3.63, 3.8) is 0 Å². The van der Waals surface area contributed by atoms with Crippen molar-refractivity contribution in [1.29, 1.82) is 0 Å². The van der Waals surface area contributed by atoms with Gasteiger partial charge in [0.2, 0.25) is 0 Å². The van der Waals surface area contributed by atoms with Gasteiger partial charge in [0.1, 0.15) is 16.9 Å². The van der Waals surface area contributed by atoms with E-state index < -0.39 is 17.8 Å². The van der Waals surface area contributed by atoms with Crippen LogP contribution in [0.2, 0.25) is 0 Å². The maximum Gasteiger partial charge on any atom is 0.433 e. The number of alkyl halides is 3. The first-order valence-electron chi connectivity index (χ1n) is 9.04. The van der Waals surface area contributed by atoms with Crippen molar-refractivity contribution in [3.8, 4) is 11.3 Å². The van der Waals surface area contributed by atoms with Crippen molar-refractivity contribution in [1.82, 2.24) is 24.0 Å². The number of aromatic nitrogens is 5. The molecule has 1 saturated carbocycles. The summed E-state index contributed by atoms with van der Waals surface area (Å²) in [6, 6.07) is 5.83. The van der Waals surface area contributed by atoms with Crippen molar-refractivity contribution >= 4 is 28.8 Å². The number of halogens is 3. The molecule has 1 fully saturated rings. The van der Waals surface area contributed by atoms with E-state index in [1.54, 1.807) is 10.7 Å². The molecule has 0 unspecified atom stereocenters. The van der Waals surface area contributed by atoms with Crippen LogP contribution in [0.4, 0.5) is 18.9 Å². The van der Waals surface area contributed by atoms with E-state index in [0.29, 0.717) is 16.2 Å². The van der Waals surface area contributed by atoms with Gasteiger partial charge in [-0.25, -0.2) is 9.50 Å². The van der Waals surface area contributed by atoms with Crippen LogP contribution in [0.3, 0.4) is 0 Å². The van der Waals surface area contributed by atoms with Gasteiger partial charge in [-0.15, -0.1) is 0 Å². The second-order valence-corrected chi connectivity index (χ2v) is 7.68. The van der Waals surface area contributed by atoms with E-state index in [-0.39, 0.29) is 11.6 Å². The number of anilines is 1. The lowest BCUT2D eigenvalue weighted by molar-refractivity contribution is -0.141. The molecule has 4 aromatic rings. The molecule has 5 rings (SSSR count). The molecule has 0 aliphatic heterocycles. The van der Waals surface area contributed by atoms with Gasteiger partial charge >= 0.3 is 6.18 Å². The average molecular weight is 430 g/mol. The van der Waals surface area contributed by atoms with E-state index in [2.05, 4.69) is 24.8 Å². The molecule has 11 heteroatoms. The van der Waals surface area contributed by atoms with Crippen LogP contribution < -0.4 is 5.32 Å². The monoisotopic (exact) mass is 430 g/mol. The molecule has 0 aromatic carbocycles. The zero-order valence-corrected chi connectivity index (χ0v) is 16.0. The zero-order valence-electron chi connectivity index (χ0n) is 15.2. The summed E-state index contributed by atoms with van der Waals surface area (Å²) in [5.41, 5.74) is 1.97. The minimum atomic E-state index is -4.59. The van der Waals surface area contributed by atoms with E-state index in [1.807, 2.05) is 12.1 Å². The molecule has 0 bridgehead atoms. The largest absolute Gasteiger partial charge is 0.433 e. The Labute approximate surface area is 171 Å². The summed E-state index contributed by atoms with van der Waals surface area (Å²) in [6.45, 7) is 0. The number of hydrogen-bond acceptors (Lipinski definition) is 6. The molecule has 30 heavy (non-hydrogen) atoms. The fraction of sp³-hybridized carbons (Fsp3) is 0.211. The molecule has 1 N–H and O–H groups in total. The van der Waals surface area contributed by atoms with Crippen LogP contribution in [0.25, 0.3) is 16.9 Å². The lowest BCUT2D eigenvalue weighted by Crippen LogP contribution is -2.14. The minimum Gasteiger partial charge on any atom is -0.321 e. The Bertz CT molecular complexity index is 1260. The van der Waals surface area contributed by atoms with Crippen molar-refractivity contribution in [3.05, 3.63) is 59.1 Å². The Balaban J connectivity index is 1.48. The van der Waals surface area contributed by atoms with Gasteiger partial charge in [0, 0.05) is 29.2 Å². The average Bonchev–Trinajstić information content (AvgIpc) is 3.27. The molecular formula is C19H13F3N6OS. The Morgan fingerprint density at radius 3 is 2.80 bits per heavy atom. The highest BCUT2D eigenvalue weighted by Gasteiger charge is 2.35. The molecule has 0 saturated heterocycles. The zero-order chi connectivity index (χ0) is 20.9. The van der Waals surface area contributed by atoms with Crippen LogP contribution in [0, 0.1) is 0 Å². The highest BCUT2D eigenvalue weighted by Crippen LogP contribution is 2.47. The Morgan fingerprint density at radius 2 is 2.03 bits per heavy atom. The van der Waals surface area contributed by atoms with E-state index in [0.717, 1.165) is 47.8 Å². The van der Waals surface area contributed by atoms with Gasteiger partial charge in [-0.1, -0.05) is 0 Å². The summed E-state index contributed by atoms with van der Waals surface area (Å²) < 4.78 is 44.8. The number of carbonyl (C=O) groups is 1. The summed E-state index contributed by atoms with van der Waals surface area (Å²) in [5, 5.41) is 6.62. The molecule has 0 atom stereocenters. The fourth-order valence-electron chi connectivity index (χ4n) is 3.23. The Hall–Kier alpha value is -3.34. The number of amides is 1. The van der Waals surface area contributed by atoms with Gasteiger partial charge in [0.05, 0.1) is 5.69 Å². The van der Waals surface area contributed by atoms with Crippen LogP contribution in [-0.4, -0.2) is 29.9 Å². The molecule has 1 aliphatic rings. The number of fused-ring (bicyclic) bond motifs is 1. The maximum absolute atomic E-state index is 12.9. The number of rotatable bonds is 4. The van der Waals surface area contributed by atoms with Crippen LogP contribution in [0.1, 0.15) is 39.7 Å². The number of pyridine rings is 2. The van der Waals surface area contributed by atoms with Crippen molar-refractivity contribution in [2.24, 2.45) is 0 Å². The van der Waals surface area contributed by atoms with Crippen LogP contribution in [0.15, 0.2) is 43.0 Å². The van der Waals surface area contributed by atoms with Gasteiger partial charge in [-0.3, -0.25) is 9.78 Å². The predicted octanol–water partition coefficient (Wildman–Crippen LogP) is 4.40. The molecule has 1 amide bonds. The topological polar surface area (TPSA) is 85.1 Å². The maximum atomic E-state index is 12.9. The smallest absolute Gasteiger partial charge is 0.321 e. The minimum absolute atomic E-state index is 0.0314. The van der Waals surface area contributed by atoms with Gasteiger partial charge < -0.3 is 5.32 Å². The van der Waals surface area contributed by atoms with Crippen LogP contribution in [-0.2, 0) is 6.18 Å². The molecule has 4 aromatic heterocycles. The number of nitrogens with zero attached hydrogens (tertiary/aromatic N) is 5. The van der Waals surface area contributed by atoms with E-state index >= 15 is 0 Å². The summed E-state index contributed by atoms with van der Waals surface area (Å²) in [5.74, 6) is -0.277. The van der Waals surface area contributed by atoms with E-state index in [9.17, 15) is 18.0 Å². The van der Waals surface area contributed by atoms with Crippen LogP contribution in [0.5, 0.6) is 0 Å². The lowest BCUT2D eigenvalue weighted by atomic mass is 10.0. The van der Waals surface area contributed by atoms with E-state index in [1.165, 1.54) is 12.4 Å². The number of carbonyl (C=O) groups excluding carboxylic acids is 1. The molecule has 7 nitrogen and oxygen atoms in total. The molecule has 152 valence electrons. The first-order valence-corrected chi connectivity index (χ1v) is 9.81. The van der Waals surface area contributed by atoms with Crippen molar-refractivity contribution in [2.45, 2.75) is 24.9 Å². The molecule has 4 heterocycles.